The number of unbranched alkanes of at least 4 members (excludes halogenated alkanes) is 2. The number of pyridine rings is 1. The minimum atomic E-state index is -1.01. The second-order valence-corrected chi connectivity index (χ2v) is 3.91. The van der Waals surface area contributed by atoms with Crippen molar-refractivity contribution in [2.24, 2.45) is 0 Å². The third-order valence-corrected chi connectivity index (χ3v) is 2.56. The van der Waals surface area contributed by atoms with E-state index in [1.54, 1.807) is 12.3 Å². The summed E-state index contributed by atoms with van der Waals surface area (Å²) >= 11 is 0. The van der Waals surface area contributed by atoms with Crippen LogP contribution in [0.4, 0.5) is 5.69 Å². The molecule has 17 heavy (non-hydrogen) atoms. The first-order chi connectivity index (χ1) is 8.15. The van der Waals surface area contributed by atoms with Crippen LogP contribution in [0, 0.1) is 0 Å². The topological polar surface area (TPSA) is 73.7 Å². The summed E-state index contributed by atoms with van der Waals surface area (Å²) in [6.07, 6.45) is 4.37. The Hall–Kier alpha value is -1.62. The predicted molar refractivity (Wildman–Crippen MR) is 65.4 cm³/mol. The van der Waals surface area contributed by atoms with Crippen LogP contribution in [-0.4, -0.2) is 41.4 Å². The number of hydrogen-bond donors (Lipinski definition) is 2. The van der Waals surface area contributed by atoms with Crippen LogP contribution in [0.1, 0.15) is 29.8 Å². The lowest BCUT2D eigenvalue weighted by molar-refractivity contribution is 0.0690. The molecule has 1 aromatic rings. The van der Waals surface area contributed by atoms with E-state index >= 15 is 0 Å². The third-order valence-electron chi connectivity index (χ3n) is 2.56. The largest absolute Gasteiger partial charge is 0.477 e. The Kier molecular flexibility index (Phi) is 5.42. The lowest BCUT2D eigenvalue weighted by Gasteiger charge is -2.18. The zero-order valence-corrected chi connectivity index (χ0v) is 9.96. The molecule has 1 heterocycles. The molecule has 0 saturated heterocycles. The Labute approximate surface area is 101 Å². The summed E-state index contributed by atoms with van der Waals surface area (Å²) in [7, 11) is 1.94. The first-order valence-electron chi connectivity index (χ1n) is 5.66. The minimum Gasteiger partial charge on any atom is -0.477 e. The molecular formula is C12H18N2O3. The van der Waals surface area contributed by atoms with Crippen LogP contribution in [0.15, 0.2) is 18.3 Å². The highest BCUT2D eigenvalue weighted by Gasteiger charge is 2.05. The monoisotopic (exact) mass is 238 g/mol. The second-order valence-electron chi connectivity index (χ2n) is 3.91. The molecule has 1 rings (SSSR count). The fraction of sp³-hybridized carbons (Fsp3) is 0.500. The molecule has 94 valence electrons. The maximum Gasteiger partial charge on any atom is 0.354 e. The number of hydrogen-bond acceptors (Lipinski definition) is 4. The molecule has 0 radical (unpaired) electrons. The molecule has 0 spiro atoms. The highest BCUT2D eigenvalue weighted by Crippen LogP contribution is 2.12. The van der Waals surface area contributed by atoms with Gasteiger partial charge in [-0.05, 0) is 31.4 Å². The summed E-state index contributed by atoms with van der Waals surface area (Å²) < 4.78 is 0. The van der Waals surface area contributed by atoms with Gasteiger partial charge in [0, 0.05) is 20.2 Å². The number of anilines is 1. The van der Waals surface area contributed by atoms with E-state index in [0.717, 1.165) is 31.5 Å². The van der Waals surface area contributed by atoms with Crippen molar-refractivity contribution < 1.29 is 15.0 Å². The van der Waals surface area contributed by atoms with Crippen LogP contribution in [0.5, 0.6) is 0 Å². The van der Waals surface area contributed by atoms with Gasteiger partial charge < -0.3 is 15.1 Å². The van der Waals surface area contributed by atoms with E-state index in [4.69, 9.17) is 10.2 Å². The molecule has 1 aromatic heterocycles. The number of carbonyl (C=O) groups is 1. The molecule has 0 saturated carbocycles. The number of rotatable bonds is 7. The zero-order valence-electron chi connectivity index (χ0n) is 9.96. The molecule has 0 bridgehead atoms. The van der Waals surface area contributed by atoms with Crippen LogP contribution in [0.2, 0.25) is 0 Å². The van der Waals surface area contributed by atoms with Crippen LogP contribution in [-0.2, 0) is 0 Å². The normalized spacial score (nSPS) is 10.2. The summed E-state index contributed by atoms with van der Waals surface area (Å²) in [5.74, 6) is -1.01. The van der Waals surface area contributed by atoms with Crippen molar-refractivity contribution in [3.63, 3.8) is 0 Å². The predicted octanol–water partition coefficient (Wildman–Crippen LogP) is 1.38. The Bertz CT molecular complexity index is 351. The quantitative estimate of drug-likeness (QED) is 0.702. The van der Waals surface area contributed by atoms with Gasteiger partial charge in [0.05, 0.1) is 11.9 Å². The maximum atomic E-state index is 10.6. The molecule has 5 heteroatoms. The lowest BCUT2D eigenvalue weighted by atomic mass is 10.2. The molecule has 0 unspecified atom stereocenters. The van der Waals surface area contributed by atoms with Crippen molar-refractivity contribution in [2.75, 3.05) is 25.1 Å². The Morgan fingerprint density at radius 3 is 2.65 bits per heavy atom. The van der Waals surface area contributed by atoms with Crippen LogP contribution >= 0.6 is 0 Å². The Morgan fingerprint density at radius 1 is 1.35 bits per heavy atom. The molecule has 0 aliphatic rings. The third kappa shape index (κ3) is 4.40. The lowest BCUT2D eigenvalue weighted by Crippen LogP contribution is -2.19. The van der Waals surface area contributed by atoms with E-state index in [1.807, 2.05) is 11.9 Å². The van der Waals surface area contributed by atoms with Gasteiger partial charge in [0.2, 0.25) is 0 Å². The molecule has 0 aliphatic heterocycles. The average molecular weight is 238 g/mol. The van der Waals surface area contributed by atoms with Gasteiger partial charge in [-0.25, -0.2) is 9.78 Å². The highest BCUT2D eigenvalue weighted by atomic mass is 16.4. The van der Waals surface area contributed by atoms with Crippen molar-refractivity contribution in [3.05, 3.63) is 24.0 Å². The van der Waals surface area contributed by atoms with Crippen LogP contribution in [0.3, 0.4) is 0 Å². The smallest absolute Gasteiger partial charge is 0.354 e. The average Bonchev–Trinajstić information content (AvgIpc) is 2.34. The first-order valence-corrected chi connectivity index (χ1v) is 5.66. The molecule has 0 aliphatic carbocycles. The van der Waals surface area contributed by atoms with E-state index in [2.05, 4.69) is 4.98 Å². The molecule has 0 atom stereocenters. The number of carboxylic acids is 1. The van der Waals surface area contributed by atoms with Gasteiger partial charge in [-0.1, -0.05) is 0 Å². The standard InChI is InChI=1S/C12H18N2O3/c1-14(7-3-2-4-8-15)10-5-6-11(12(16)17)13-9-10/h5-6,9,15H,2-4,7-8H2,1H3,(H,16,17). The molecule has 0 fully saturated rings. The molecule has 2 N–H and O–H groups in total. The van der Waals surface area contributed by atoms with Gasteiger partial charge in [-0.3, -0.25) is 0 Å². The van der Waals surface area contributed by atoms with Crippen molar-refractivity contribution in [1.29, 1.82) is 0 Å². The fourth-order valence-corrected chi connectivity index (χ4v) is 1.51. The minimum absolute atomic E-state index is 0.0578. The number of aliphatic hydroxyl groups is 1. The summed E-state index contributed by atoms with van der Waals surface area (Å²) in [6.45, 7) is 1.10. The number of carboxylic acid groups (broad SMARTS) is 1. The van der Waals surface area contributed by atoms with Crippen LogP contribution < -0.4 is 4.90 Å². The Morgan fingerprint density at radius 2 is 2.12 bits per heavy atom. The van der Waals surface area contributed by atoms with E-state index in [0.29, 0.717) is 0 Å². The number of nitrogens with zero attached hydrogens (tertiary/aromatic N) is 2. The number of aliphatic hydroxyl groups excluding tert-OH is 1. The van der Waals surface area contributed by atoms with Crippen LogP contribution in [0.25, 0.3) is 0 Å². The zero-order chi connectivity index (χ0) is 12.7. The summed E-state index contributed by atoms with van der Waals surface area (Å²) in [5, 5.41) is 17.4. The van der Waals surface area contributed by atoms with E-state index in [1.165, 1.54) is 6.07 Å². The number of aromatic carboxylic acids is 1. The van der Waals surface area contributed by atoms with E-state index in [9.17, 15) is 4.79 Å². The van der Waals surface area contributed by atoms with E-state index < -0.39 is 5.97 Å². The molecule has 0 amide bonds. The van der Waals surface area contributed by atoms with Gasteiger partial charge in [0.1, 0.15) is 5.69 Å². The highest BCUT2D eigenvalue weighted by molar-refractivity contribution is 5.85. The molecular weight excluding hydrogens is 220 g/mol. The molecule has 0 aromatic carbocycles. The van der Waals surface area contributed by atoms with Crippen molar-refractivity contribution in [3.8, 4) is 0 Å². The van der Waals surface area contributed by atoms with Crippen molar-refractivity contribution in [1.82, 2.24) is 4.98 Å². The summed E-state index contributed by atoms with van der Waals surface area (Å²) in [6, 6.07) is 3.25. The number of aromatic nitrogens is 1. The van der Waals surface area contributed by atoms with Gasteiger partial charge in [0.25, 0.3) is 0 Å². The van der Waals surface area contributed by atoms with Crippen molar-refractivity contribution in [2.45, 2.75) is 19.3 Å². The van der Waals surface area contributed by atoms with Gasteiger partial charge in [-0.15, -0.1) is 0 Å². The maximum absolute atomic E-state index is 10.6. The van der Waals surface area contributed by atoms with E-state index in [-0.39, 0.29) is 12.3 Å². The second kappa shape index (κ2) is 6.85. The van der Waals surface area contributed by atoms with Gasteiger partial charge in [0.15, 0.2) is 0 Å². The Balaban J connectivity index is 2.46. The van der Waals surface area contributed by atoms with Gasteiger partial charge in [-0.2, -0.15) is 0 Å². The summed E-state index contributed by atoms with van der Waals surface area (Å²) in [5.41, 5.74) is 0.960. The SMILES string of the molecule is CN(CCCCCO)c1ccc(C(=O)O)nc1. The summed E-state index contributed by atoms with van der Waals surface area (Å²) in [4.78, 5) is 16.5. The van der Waals surface area contributed by atoms with Gasteiger partial charge >= 0.3 is 5.97 Å². The first kappa shape index (κ1) is 13.4. The molecule has 5 nitrogen and oxygen atoms in total. The van der Waals surface area contributed by atoms with Crippen molar-refractivity contribution >= 4 is 11.7 Å². The fourth-order valence-electron chi connectivity index (χ4n) is 1.51.